The van der Waals surface area contributed by atoms with Gasteiger partial charge >= 0.3 is 0 Å². The molecule has 1 aromatic heterocycles. The Morgan fingerprint density at radius 3 is 2.59 bits per heavy atom. The number of nitrogens with two attached hydrogens (primary N) is 1. The van der Waals surface area contributed by atoms with Crippen molar-refractivity contribution in [2.45, 2.75) is 40.5 Å². The molecule has 0 saturated carbocycles. The van der Waals surface area contributed by atoms with Crippen LogP contribution in [0.25, 0.3) is 0 Å². The Kier molecular flexibility index (Phi) is 11.1. The molecule has 0 radical (unpaired) electrons. The highest BCUT2D eigenvalue weighted by atomic mass is 35.5. The van der Waals surface area contributed by atoms with Gasteiger partial charge in [-0.25, -0.2) is 0 Å². The molecule has 4 N–H and O–H groups in total. The monoisotopic (exact) mass is 452 g/mol. The molecule has 0 unspecified atom stereocenters. The molecule has 0 aliphatic heterocycles. The Balaban J connectivity index is 0.00000249. The van der Waals surface area contributed by atoms with Crippen LogP contribution in [0.2, 0.25) is 0 Å². The van der Waals surface area contributed by atoms with E-state index in [1.54, 1.807) is 24.4 Å². The van der Waals surface area contributed by atoms with Crippen molar-refractivity contribution in [3.8, 4) is 0 Å². The van der Waals surface area contributed by atoms with Gasteiger partial charge < -0.3 is 16.5 Å². The van der Waals surface area contributed by atoms with E-state index in [9.17, 15) is 4.79 Å². The summed E-state index contributed by atoms with van der Waals surface area (Å²) in [4.78, 5) is 16.7. The molecule has 0 bridgehead atoms. The molecule has 1 amide bonds. The fourth-order valence-corrected chi connectivity index (χ4v) is 3.06. The van der Waals surface area contributed by atoms with Crippen LogP contribution < -0.4 is 11.1 Å². The Morgan fingerprint density at radius 2 is 1.94 bits per heavy atom. The summed E-state index contributed by atoms with van der Waals surface area (Å²) < 4.78 is 0. The molecule has 170 valence electrons. The number of pyridine rings is 1. The number of aromatic nitrogens is 1. The van der Waals surface area contributed by atoms with Crippen molar-refractivity contribution < 1.29 is 4.79 Å². The Bertz CT molecular complexity index is 1020. The van der Waals surface area contributed by atoms with Gasteiger partial charge in [0.05, 0.1) is 17.8 Å². The quantitative estimate of drug-likeness (QED) is 0.248. The van der Waals surface area contributed by atoms with Gasteiger partial charge in [0.2, 0.25) is 0 Å². The van der Waals surface area contributed by atoms with E-state index in [1.807, 2.05) is 39.8 Å². The van der Waals surface area contributed by atoms with Gasteiger partial charge in [0.15, 0.2) is 0 Å². The van der Waals surface area contributed by atoms with E-state index >= 15 is 0 Å². The number of nitrogens with zero attached hydrogens (tertiary/aromatic N) is 1. The van der Waals surface area contributed by atoms with Crippen molar-refractivity contribution in [3.63, 3.8) is 0 Å². The zero-order chi connectivity index (χ0) is 24.3. The molecule has 1 aromatic carbocycles. The van der Waals surface area contributed by atoms with Crippen molar-refractivity contribution in [3.05, 3.63) is 94.3 Å². The number of benzene rings is 1. The zero-order valence-electron chi connectivity index (χ0n) is 19.4. The molecular weight excluding hydrogens is 420 g/mol. The number of aryl methyl sites for hydroxylation is 1. The lowest BCUT2D eigenvalue weighted by Crippen LogP contribution is -2.30. The lowest BCUT2D eigenvalue weighted by molar-refractivity contribution is 0.0959. The van der Waals surface area contributed by atoms with E-state index in [4.69, 9.17) is 22.7 Å². The first kappa shape index (κ1) is 26.9. The van der Waals surface area contributed by atoms with Gasteiger partial charge in [0.1, 0.15) is 0 Å². The SMILES string of the molecule is C=C(/C=C(/Cl)C(=C)CC)Cc1cncc(C(=O)NCC(=N)c2cc(C)ccc2N)c1.CC. The molecule has 0 fully saturated rings. The molecule has 0 aliphatic rings. The normalized spacial score (nSPS) is 10.6. The summed E-state index contributed by atoms with van der Waals surface area (Å²) in [6.45, 7) is 15.9. The summed E-state index contributed by atoms with van der Waals surface area (Å²) in [6, 6.07) is 7.24. The average molecular weight is 453 g/mol. The highest BCUT2D eigenvalue weighted by Gasteiger charge is 2.11. The number of nitrogen functional groups attached to an aromatic ring is 1. The number of carbonyl (C=O) groups excluding carboxylic acids is 1. The van der Waals surface area contributed by atoms with Crippen LogP contribution in [-0.2, 0) is 6.42 Å². The molecule has 1 heterocycles. The first-order valence-electron chi connectivity index (χ1n) is 10.6. The Hall–Kier alpha value is -3.18. The highest BCUT2D eigenvalue weighted by Crippen LogP contribution is 2.19. The number of anilines is 1. The standard InChI is InChI=1S/C24H27ClN4O.C2H6/c1-5-17(4)21(25)10-16(3)8-18-11-19(13-28-12-18)24(30)29-14-23(27)20-9-15(2)6-7-22(20)26;1-2/h6-7,9-13,27H,3-5,8,14,26H2,1-2H3,(H,29,30);1-2H3/b21-10+,27-23?;. The van der Waals surface area contributed by atoms with E-state index < -0.39 is 0 Å². The zero-order valence-corrected chi connectivity index (χ0v) is 20.1. The van der Waals surface area contributed by atoms with Gasteiger partial charge in [-0.1, -0.05) is 57.2 Å². The molecule has 2 aromatic rings. The minimum atomic E-state index is -0.307. The van der Waals surface area contributed by atoms with Gasteiger partial charge in [0, 0.05) is 28.7 Å². The van der Waals surface area contributed by atoms with Crippen molar-refractivity contribution in [1.29, 1.82) is 5.41 Å². The van der Waals surface area contributed by atoms with Crippen LogP contribution >= 0.6 is 11.6 Å². The molecular formula is C26H33ClN4O. The second-order valence-corrected chi connectivity index (χ2v) is 7.53. The molecule has 32 heavy (non-hydrogen) atoms. The first-order chi connectivity index (χ1) is 15.2. The third-order valence-electron chi connectivity index (χ3n) is 4.54. The van der Waals surface area contributed by atoms with Crippen molar-refractivity contribution >= 4 is 28.9 Å². The van der Waals surface area contributed by atoms with E-state index in [0.29, 0.717) is 28.3 Å². The van der Waals surface area contributed by atoms with Gasteiger partial charge in [-0.3, -0.25) is 9.78 Å². The van der Waals surface area contributed by atoms with Crippen LogP contribution in [0.15, 0.2) is 72.1 Å². The molecule has 6 heteroatoms. The number of hydrogen-bond acceptors (Lipinski definition) is 4. The summed E-state index contributed by atoms with van der Waals surface area (Å²) in [7, 11) is 0. The second kappa shape index (κ2) is 13.3. The van der Waals surface area contributed by atoms with E-state index in [0.717, 1.165) is 28.7 Å². The minimum Gasteiger partial charge on any atom is -0.398 e. The fourth-order valence-electron chi connectivity index (χ4n) is 2.77. The van der Waals surface area contributed by atoms with Crippen molar-refractivity contribution in [2.75, 3.05) is 12.3 Å². The number of halogens is 1. The summed E-state index contributed by atoms with van der Waals surface area (Å²) in [5.74, 6) is -0.307. The average Bonchev–Trinajstić information content (AvgIpc) is 2.79. The molecule has 0 atom stereocenters. The number of carbonyl (C=O) groups is 1. The lowest BCUT2D eigenvalue weighted by atomic mass is 10.0. The van der Waals surface area contributed by atoms with Crippen LogP contribution in [-0.4, -0.2) is 23.1 Å². The highest BCUT2D eigenvalue weighted by molar-refractivity contribution is 6.32. The Labute approximate surface area is 196 Å². The third kappa shape index (κ3) is 8.16. The largest absolute Gasteiger partial charge is 0.398 e. The topological polar surface area (TPSA) is 91.9 Å². The van der Waals surface area contributed by atoms with Crippen LogP contribution in [0.1, 0.15) is 54.2 Å². The lowest BCUT2D eigenvalue weighted by Gasteiger charge is -2.11. The van der Waals surface area contributed by atoms with Gasteiger partial charge in [-0.15, -0.1) is 0 Å². The van der Waals surface area contributed by atoms with Gasteiger partial charge in [0.25, 0.3) is 5.91 Å². The van der Waals surface area contributed by atoms with Crippen molar-refractivity contribution in [2.24, 2.45) is 0 Å². The predicted octanol–water partition coefficient (Wildman–Crippen LogP) is 5.98. The van der Waals surface area contributed by atoms with Crippen LogP contribution in [0.3, 0.4) is 0 Å². The van der Waals surface area contributed by atoms with E-state index in [2.05, 4.69) is 23.5 Å². The van der Waals surface area contributed by atoms with Crippen LogP contribution in [0.5, 0.6) is 0 Å². The van der Waals surface area contributed by atoms with Crippen LogP contribution in [0, 0.1) is 12.3 Å². The maximum Gasteiger partial charge on any atom is 0.253 e. The number of hydrogen-bond donors (Lipinski definition) is 3. The minimum absolute atomic E-state index is 0.0703. The number of allylic oxidation sites excluding steroid dienone is 4. The van der Waals surface area contributed by atoms with Crippen molar-refractivity contribution in [1.82, 2.24) is 10.3 Å². The van der Waals surface area contributed by atoms with E-state index in [1.165, 1.54) is 6.20 Å². The summed E-state index contributed by atoms with van der Waals surface area (Å²) in [5.41, 5.74) is 11.2. The predicted molar refractivity (Wildman–Crippen MR) is 137 cm³/mol. The summed E-state index contributed by atoms with van der Waals surface area (Å²) in [6.07, 6.45) is 6.25. The number of amides is 1. The molecule has 0 spiro atoms. The fraction of sp³-hybridized carbons (Fsp3) is 0.269. The summed E-state index contributed by atoms with van der Waals surface area (Å²) in [5, 5.41) is 11.6. The Morgan fingerprint density at radius 1 is 1.25 bits per heavy atom. The van der Waals surface area contributed by atoms with Gasteiger partial charge in [-0.05, 0) is 60.8 Å². The molecule has 2 rings (SSSR count). The maximum absolute atomic E-state index is 12.5. The second-order valence-electron chi connectivity index (χ2n) is 7.12. The molecule has 5 nitrogen and oxygen atoms in total. The maximum atomic E-state index is 12.5. The number of nitrogens with one attached hydrogen (secondary N) is 2. The van der Waals surface area contributed by atoms with E-state index in [-0.39, 0.29) is 18.2 Å². The number of rotatable bonds is 9. The first-order valence-corrected chi connectivity index (χ1v) is 11.0. The van der Waals surface area contributed by atoms with Gasteiger partial charge in [-0.2, -0.15) is 0 Å². The molecule has 0 saturated heterocycles. The molecule has 0 aliphatic carbocycles. The van der Waals surface area contributed by atoms with Crippen LogP contribution in [0.4, 0.5) is 5.69 Å². The third-order valence-corrected chi connectivity index (χ3v) is 4.92. The summed E-state index contributed by atoms with van der Waals surface area (Å²) >= 11 is 6.21. The smallest absolute Gasteiger partial charge is 0.253 e.